The van der Waals surface area contributed by atoms with Crippen LogP contribution in [-0.4, -0.2) is 66.7 Å². The maximum absolute atomic E-state index is 13.5. The highest BCUT2D eigenvalue weighted by Gasteiger charge is 2.59. The van der Waals surface area contributed by atoms with Crippen molar-refractivity contribution in [1.29, 1.82) is 0 Å². The van der Waals surface area contributed by atoms with Crippen molar-refractivity contribution in [1.82, 2.24) is 25.8 Å². The number of carbonyl (C=O) groups excluding carboxylic acids is 2. The first kappa shape index (κ1) is 32.7. The number of hydrogen-bond acceptors (Lipinski definition) is 4. The lowest BCUT2D eigenvalue weighted by molar-refractivity contribution is -0.0950. The van der Waals surface area contributed by atoms with Crippen molar-refractivity contribution in [3.63, 3.8) is 0 Å². The molecular formula is C38H51N5O2. The molecule has 2 heterocycles. The number of urea groups is 1. The lowest BCUT2D eigenvalue weighted by atomic mass is 9.79. The monoisotopic (exact) mass is 609 g/mol. The molecule has 7 nitrogen and oxygen atoms in total. The summed E-state index contributed by atoms with van der Waals surface area (Å²) in [5, 5.41) is 9.82. The van der Waals surface area contributed by atoms with Gasteiger partial charge in [0.05, 0.1) is 17.7 Å². The maximum atomic E-state index is 13.5. The molecule has 2 aliphatic heterocycles. The van der Waals surface area contributed by atoms with Gasteiger partial charge in [-0.15, -0.1) is 0 Å². The van der Waals surface area contributed by atoms with Gasteiger partial charge in [-0.25, -0.2) is 4.79 Å². The molecule has 45 heavy (non-hydrogen) atoms. The standard InChI is InChI=1S/C38H51N5O2/c1-4-5-6-7-17-26-39-37(45)41-34-32(28-40-36(44)31-22-15-10-16-23-31)27-38(42(2)3)25-24-33(34)43(38)35(29-18-11-8-12-19-29)30-20-13-9-14-21-30/h8-16,18-23,32-35H,4-7,17,24-28H2,1-3H3,(H,40,44)(H2,39,41,45). The van der Waals surface area contributed by atoms with Crippen LogP contribution in [0, 0.1) is 5.92 Å². The summed E-state index contributed by atoms with van der Waals surface area (Å²) in [4.78, 5) is 31.7. The molecule has 7 heteroatoms. The number of benzene rings is 3. The molecule has 0 saturated carbocycles. The second-order valence-corrected chi connectivity index (χ2v) is 13.0. The highest BCUT2D eigenvalue weighted by atomic mass is 16.2. The summed E-state index contributed by atoms with van der Waals surface area (Å²) in [6.45, 7) is 3.38. The van der Waals surface area contributed by atoms with E-state index >= 15 is 0 Å². The molecular weight excluding hydrogens is 558 g/mol. The van der Waals surface area contributed by atoms with Crippen LogP contribution in [0.2, 0.25) is 0 Å². The molecule has 0 aliphatic carbocycles. The average molecular weight is 610 g/mol. The Kier molecular flexibility index (Phi) is 11.3. The third-order valence-electron chi connectivity index (χ3n) is 9.96. The topological polar surface area (TPSA) is 76.7 Å². The van der Waals surface area contributed by atoms with E-state index in [2.05, 4.69) is 107 Å². The van der Waals surface area contributed by atoms with Gasteiger partial charge < -0.3 is 16.0 Å². The first-order valence-electron chi connectivity index (χ1n) is 16.9. The molecule has 4 unspecified atom stereocenters. The number of piperidine rings is 1. The smallest absolute Gasteiger partial charge is 0.315 e. The maximum Gasteiger partial charge on any atom is 0.315 e. The van der Waals surface area contributed by atoms with Crippen LogP contribution in [0.3, 0.4) is 0 Å². The lowest BCUT2D eigenvalue weighted by Crippen LogP contribution is -2.69. The van der Waals surface area contributed by atoms with E-state index in [4.69, 9.17) is 0 Å². The number of nitrogens with zero attached hydrogens (tertiary/aromatic N) is 2. The molecule has 5 rings (SSSR count). The van der Waals surface area contributed by atoms with E-state index in [0.717, 1.165) is 32.1 Å². The van der Waals surface area contributed by atoms with Crippen molar-refractivity contribution in [2.24, 2.45) is 5.92 Å². The first-order valence-corrected chi connectivity index (χ1v) is 16.9. The fourth-order valence-corrected chi connectivity index (χ4v) is 7.69. The lowest BCUT2D eigenvalue weighted by Gasteiger charge is -2.57. The van der Waals surface area contributed by atoms with Crippen molar-refractivity contribution in [2.45, 2.75) is 82.1 Å². The van der Waals surface area contributed by atoms with Crippen molar-refractivity contribution < 1.29 is 9.59 Å². The summed E-state index contributed by atoms with van der Waals surface area (Å²) < 4.78 is 0. The molecule has 2 aliphatic rings. The zero-order valence-electron chi connectivity index (χ0n) is 27.3. The Morgan fingerprint density at radius 3 is 2.04 bits per heavy atom. The van der Waals surface area contributed by atoms with E-state index in [9.17, 15) is 9.59 Å². The van der Waals surface area contributed by atoms with Gasteiger partial charge in [-0.2, -0.15) is 0 Å². The van der Waals surface area contributed by atoms with Crippen LogP contribution < -0.4 is 16.0 Å². The SMILES string of the molecule is CCCCCCCNC(=O)NC1C(CNC(=O)c2ccccc2)CC2(N(C)C)CCC1N2C(c1ccccc1)c1ccccc1. The van der Waals surface area contributed by atoms with Gasteiger partial charge in [0.2, 0.25) is 0 Å². The molecule has 3 aromatic rings. The number of hydrogen-bond donors (Lipinski definition) is 3. The normalized spacial score (nSPS) is 22.8. The zero-order valence-corrected chi connectivity index (χ0v) is 27.3. The Morgan fingerprint density at radius 1 is 0.844 bits per heavy atom. The fraction of sp³-hybridized carbons (Fsp3) is 0.474. The van der Waals surface area contributed by atoms with E-state index in [1.807, 2.05) is 30.3 Å². The molecule has 3 aromatic carbocycles. The number of fused-ring (bicyclic) bond motifs is 2. The van der Waals surface area contributed by atoms with Crippen LogP contribution in [0.25, 0.3) is 0 Å². The van der Waals surface area contributed by atoms with Crippen LogP contribution in [0.5, 0.6) is 0 Å². The molecule has 3 amide bonds. The highest BCUT2D eigenvalue weighted by Crippen LogP contribution is 2.53. The molecule has 0 spiro atoms. The Balaban J connectivity index is 1.45. The number of rotatable bonds is 14. The largest absolute Gasteiger partial charge is 0.352 e. The number of unbranched alkanes of at least 4 members (excludes halogenated alkanes) is 4. The van der Waals surface area contributed by atoms with Gasteiger partial charge in [-0.05, 0) is 63.0 Å². The second-order valence-electron chi connectivity index (χ2n) is 13.0. The summed E-state index contributed by atoms with van der Waals surface area (Å²) in [6.07, 6.45) is 8.53. The predicted molar refractivity (Wildman–Crippen MR) is 182 cm³/mol. The van der Waals surface area contributed by atoms with Gasteiger partial charge in [0.1, 0.15) is 0 Å². The van der Waals surface area contributed by atoms with E-state index in [0.29, 0.717) is 18.7 Å². The Labute approximate surface area is 269 Å². The summed E-state index contributed by atoms with van der Waals surface area (Å²) in [7, 11) is 4.36. The van der Waals surface area contributed by atoms with Gasteiger partial charge >= 0.3 is 6.03 Å². The summed E-state index contributed by atoms with van der Waals surface area (Å²) in [5.41, 5.74) is 2.90. The van der Waals surface area contributed by atoms with Crippen molar-refractivity contribution in [3.05, 3.63) is 108 Å². The first-order chi connectivity index (χ1) is 21.9. The van der Waals surface area contributed by atoms with Gasteiger partial charge in [-0.1, -0.05) is 111 Å². The predicted octanol–water partition coefficient (Wildman–Crippen LogP) is 6.59. The van der Waals surface area contributed by atoms with Crippen molar-refractivity contribution in [2.75, 3.05) is 27.2 Å². The second kappa shape index (κ2) is 15.5. The van der Waals surface area contributed by atoms with E-state index in [-0.39, 0.29) is 41.6 Å². The van der Waals surface area contributed by atoms with Crippen LogP contribution >= 0.6 is 0 Å². The molecule has 2 fully saturated rings. The highest BCUT2D eigenvalue weighted by molar-refractivity contribution is 5.94. The minimum atomic E-state index is -0.239. The Bertz CT molecular complexity index is 1310. The number of amides is 3. The summed E-state index contributed by atoms with van der Waals surface area (Å²) in [5.74, 6) is -0.0164. The molecule has 2 saturated heterocycles. The molecule has 2 bridgehead atoms. The minimum Gasteiger partial charge on any atom is -0.352 e. The van der Waals surface area contributed by atoms with Crippen LogP contribution in [0.15, 0.2) is 91.0 Å². The van der Waals surface area contributed by atoms with Gasteiger partial charge in [0.25, 0.3) is 5.91 Å². The molecule has 240 valence electrons. The van der Waals surface area contributed by atoms with Crippen LogP contribution in [0.1, 0.15) is 85.8 Å². The van der Waals surface area contributed by atoms with Crippen molar-refractivity contribution >= 4 is 11.9 Å². The summed E-state index contributed by atoms with van der Waals surface area (Å²) in [6, 6.07) is 30.7. The zero-order chi connectivity index (χ0) is 31.6. The Morgan fingerprint density at radius 2 is 1.44 bits per heavy atom. The average Bonchev–Trinajstić information content (AvgIpc) is 3.36. The molecule has 0 radical (unpaired) electrons. The minimum absolute atomic E-state index is 0.0214. The molecule has 0 aromatic heterocycles. The van der Waals surface area contributed by atoms with Crippen LogP contribution in [0.4, 0.5) is 4.79 Å². The van der Waals surface area contributed by atoms with Gasteiger partial charge in [-0.3, -0.25) is 14.6 Å². The Hall–Kier alpha value is -3.68. The fourth-order valence-electron chi connectivity index (χ4n) is 7.69. The number of carbonyl (C=O) groups is 2. The third-order valence-corrected chi connectivity index (χ3v) is 9.96. The van der Waals surface area contributed by atoms with Crippen LogP contribution in [-0.2, 0) is 0 Å². The van der Waals surface area contributed by atoms with Crippen molar-refractivity contribution in [3.8, 4) is 0 Å². The third kappa shape index (κ3) is 7.59. The quantitative estimate of drug-likeness (QED) is 0.180. The molecule has 4 atom stereocenters. The van der Waals surface area contributed by atoms with E-state index < -0.39 is 0 Å². The van der Waals surface area contributed by atoms with Gasteiger partial charge in [0.15, 0.2) is 0 Å². The van der Waals surface area contributed by atoms with Gasteiger partial charge in [0, 0.05) is 30.6 Å². The molecule has 3 N–H and O–H groups in total. The number of nitrogens with one attached hydrogen (secondary N) is 3. The summed E-state index contributed by atoms with van der Waals surface area (Å²) >= 11 is 0. The van der Waals surface area contributed by atoms with E-state index in [1.165, 1.54) is 30.4 Å². The van der Waals surface area contributed by atoms with E-state index in [1.54, 1.807) is 0 Å².